The van der Waals surface area contributed by atoms with Gasteiger partial charge < -0.3 is 10.2 Å². The second kappa shape index (κ2) is 8.34. The minimum absolute atomic E-state index is 0.0734. The number of hydrogen-bond donors (Lipinski definition) is 1. The Morgan fingerprint density at radius 3 is 2.59 bits per heavy atom. The molecule has 1 heterocycles. The zero-order valence-electron chi connectivity index (χ0n) is 15.9. The average Bonchev–Trinajstić information content (AvgIpc) is 3.19. The maximum absolute atomic E-state index is 12.6. The molecule has 2 amide bonds. The third-order valence-corrected chi connectivity index (χ3v) is 4.18. The van der Waals surface area contributed by atoms with Crippen LogP contribution in [0, 0.1) is 17.0 Å². The van der Waals surface area contributed by atoms with E-state index in [1.165, 1.54) is 47.1 Å². The number of nitrogens with one attached hydrogen (secondary N) is 1. The first-order valence-corrected chi connectivity index (χ1v) is 8.76. The zero-order valence-corrected chi connectivity index (χ0v) is 15.9. The van der Waals surface area contributed by atoms with Crippen molar-refractivity contribution < 1.29 is 14.5 Å². The van der Waals surface area contributed by atoms with E-state index in [1.807, 2.05) is 19.1 Å². The smallest absolute Gasteiger partial charge is 0.274 e. The van der Waals surface area contributed by atoms with Gasteiger partial charge in [-0.1, -0.05) is 23.8 Å². The first-order chi connectivity index (χ1) is 13.8. The standard InChI is InChI=1S/C20H19N5O4/c1-14-6-8-15(9-7-14)21-19(26)13-23(2)20(27)18-10-11-24(22-18)16-4-3-5-17(12-16)25(28)29/h3-12H,13H2,1-2H3,(H,21,26). The van der Waals surface area contributed by atoms with Crippen molar-refractivity contribution in [1.29, 1.82) is 0 Å². The molecule has 1 aromatic heterocycles. The van der Waals surface area contributed by atoms with Crippen molar-refractivity contribution in [3.8, 4) is 5.69 Å². The molecule has 2 aromatic carbocycles. The normalized spacial score (nSPS) is 10.4. The Labute approximate surface area is 166 Å². The quantitative estimate of drug-likeness (QED) is 0.511. The molecule has 0 aliphatic carbocycles. The van der Waals surface area contributed by atoms with Gasteiger partial charge in [-0.25, -0.2) is 4.68 Å². The van der Waals surface area contributed by atoms with Gasteiger partial charge in [0.15, 0.2) is 5.69 Å². The van der Waals surface area contributed by atoms with Crippen LogP contribution in [0.3, 0.4) is 0 Å². The number of carbonyl (C=O) groups is 2. The fourth-order valence-corrected chi connectivity index (χ4v) is 2.65. The molecule has 0 unspecified atom stereocenters. The van der Waals surface area contributed by atoms with Gasteiger partial charge in [-0.3, -0.25) is 19.7 Å². The van der Waals surface area contributed by atoms with Crippen LogP contribution in [-0.4, -0.2) is 45.0 Å². The van der Waals surface area contributed by atoms with Crippen molar-refractivity contribution in [2.24, 2.45) is 0 Å². The molecule has 0 aliphatic rings. The summed E-state index contributed by atoms with van der Waals surface area (Å²) in [5, 5.41) is 17.8. The largest absolute Gasteiger partial charge is 0.331 e. The Morgan fingerprint density at radius 1 is 1.17 bits per heavy atom. The summed E-state index contributed by atoms with van der Waals surface area (Å²) in [6.07, 6.45) is 1.53. The van der Waals surface area contributed by atoms with E-state index in [-0.39, 0.29) is 23.8 Å². The van der Waals surface area contributed by atoms with Crippen molar-refractivity contribution in [1.82, 2.24) is 14.7 Å². The lowest BCUT2D eigenvalue weighted by Crippen LogP contribution is -2.35. The number of aromatic nitrogens is 2. The molecule has 1 N–H and O–H groups in total. The number of aryl methyl sites for hydroxylation is 1. The first-order valence-electron chi connectivity index (χ1n) is 8.76. The fraction of sp³-hybridized carbons (Fsp3) is 0.150. The van der Waals surface area contributed by atoms with Crippen molar-refractivity contribution in [2.75, 3.05) is 18.9 Å². The van der Waals surface area contributed by atoms with Gasteiger partial charge in [0.25, 0.3) is 11.6 Å². The summed E-state index contributed by atoms with van der Waals surface area (Å²) in [6, 6.07) is 14.8. The molecule has 0 bridgehead atoms. The molecule has 29 heavy (non-hydrogen) atoms. The molecule has 0 radical (unpaired) electrons. The van der Waals surface area contributed by atoms with E-state index in [2.05, 4.69) is 10.4 Å². The van der Waals surface area contributed by atoms with Gasteiger partial charge in [0, 0.05) is 31.1 Å². The van der Waals surface area contributed by atoms with Crippen LogP contribution >= 0.6 is 0 Å². The number of nitro benzene ring substituents is 1. The highest BCUT2D eigenvalue weighted by molar-refractivity contribution is 5.98. The second-order valence-corrected chi connectivity index (χ2v) is 6.50. The lowest BCUT2D eigenvalue weighted by atomic mass is 10.2. The molecule has 0 fully saturated rings. The summed E-state index contributed by atoms with van der Waals surface area (Å²) in [6.45, 7) is 1.81. The molecule has 3 aromatic rings. The highest BCUT2D eigenvalue weighted by Gasteiger charge is 2.18. The van der Waals surface area contributed by atoms with Crippen molar-refractivity contribution in [2.45, 2.75) is 6.92 Å². The Morgan fingerprint density at radius 2 is 1.90 bits per heavy atom. The summed E-state index contributed by atoms with van der Waals surface area (Å²) < 4.78 is 1.38. The van der Waals surface area contributed by atoms with Gasteiger partial charge in [-0.2, -0.15) is 5.10 Å². The molecule has 9 heteroatoms. The third kappa shape index (κ3) is 4.83. The van der Waals surface area contributed by atoms with Crippen LogP contribution in [0.5, 0.6) is 0 Å². The molecule has 0 saturated heterocycles. The van der Waals surface area contributed by atoms with Crippen LogP contribution in [-0.2, 0) is 4.79 Å². The van der Waals surface area contributed by atoms with E-state index >= 15 is 0 Å². The highest BCUT2D eigenvalue weighted by atomic mass is 16.6. The molecule has 0 spiro atoms. The van der Waals surface area contributed by atoms with Crippen LogP contribution in [0.15, 0.2) is 60.8 Å². The van der Waals surface area contributed by atoms with Gasteiger partial charge in [0.1, 0.15) is 0 Å². The second-order valence-electron chi connectivity index (χ2n) is 6.50. The molecule has 148 valence electrons. The number of nitro groups is 1. The van der Waals surface area contributed by atoms with Crippen molar-refractivity contribution in [3.05, 3.63) is 82.2 Å². The Hall–Kier alpha value is -4.01. The minimum atomic E-state index is -0.500. The monoisotopic (exact) mass is 393 g/mol. The average molecular weight is 393 g/mol. The van der Waals surface area contributed by atoms with Gasteiger partial charge in [-0.05, 0) is 31.2 Å². The van der Waals surface area contributed by atoms with Crippen LogP contribution in [0.25, 0.3) is 5.69 Å². The van der Waals surface area contributed by atoms with E-state index in [4.69, 9.17) is 0 Å². The van der Waals surface area contributed by atoms with Crippen LogP contribution in [0.1, 0.15) is 16.1 Å². The number of rotatable bonds is 6. The van der Waals surface area contributed by atoms with Gasteiger partial charge >= 0.3 is 0 Å². The summed E-state index contributed by atoms with van der Waals surface area (Å²) in [5.74, 6) is -0.768. The molecule has 0 atom stereocenters. The molecule has 0 saturated carbocycles. The number of amides is 2. The number of hydrogen-bond acceptors (Lipinski definition) is 5. The maximum atomic E-state index is 12.6. The van der Waals surface area contributed by atoms with E-state index < -0.39 is 10.8 Å². The van der Waals surface area contributed by atoms with Crippen LogP contribution in [0.2, 0.25) is 0 Å². The van der Waals surface area contributed by atoms with Gasteiger partial charge in [0.05, 0.1) is 17.2 Å². The van der Waals surface area contributed by atoms with E-state index in [1.54, 1.807) is 18.2 Å². The van der Waals surface area contributed by atoms with Crippen LogP contribution < -0.4 is 5.32 Å². The molecular weight excluding hydrogens is 374 g/mol. The summed E-state index contributed by atoms with van der Waals surface area (Å²) in [5.41, 5.74) is 2.24. The fourth-order valence-electron chi connectivity index (χ4n) is 2.65. The number of carbonyl (C=O) groups excluding carboxylic acids is 2. The number of anilines is 1. The predicted octanol–water partition coefficient (Wildman–Crippen LogP) is 2.80. The predicted molar refractivity (Wildman–Crippen MR) is 107 cm³/mol. The molecule has 3 rings (SSSR count). The number of non-ortho nitro benzene ring substituents is 1. The van der Waals surface area contributed by atoms with Gasteiger partial charge in [0.2, 0.25) is 5.91 Å². The third-order valence-electron chi connectivity index (χ3n) is 4.18. The highest BCUT2D eigenvalue weighted by Crippen LogP contribution is 2.16. The van der Waals surface area contributed by atoms with Gasteiger partial charge in [-0.15, -0.1) is 0 Å². The SMILES string of the molecule is Cc1ccc(NC(=O)CN(C)C(=O)c2ccn(-c3cccc([N+](=O)[O-])c3)n2)cc1. The summed E-state index contributed by atoms with van der Waals surface area (Å²) in [4.78, 5) is 36.4. The minimum Gasteiger partial charge on any atom is -0.331 e. The molecule has 0 aliphatic heterocycles. The Bertz CT molecular complexity index is 1060. The van der Waals surface area contributed by atoms with Crippen molar-refractivity contribution >= 4 is 23.2 Å². The molecule has 9 nitrogen and oxygen atoms in total. The number of benzene rings is 2. The number of nitrogens with zero attached hydrogens (tertiary/aromatic N) is 4. The van der Waals surface area contributed by atoms with E-state index in [9.17, 15) is 19.7 Å². The zero-order chi connectivity index (χ0) is 21.0. The summed E-state index contributed by atoms with van der Waals surface area (Å²) in [7, 11) is 1.50. The van der Waals surface area contributed by atoms with E-state index in [0.29, 0.717) is 11.4 Å². The first kappa shape index (κ1) is 19.7. The lowest BCUT2D eigenvalue weighted by Gasteiger charge is -2.15. The topological polar surface area (TPSA) is 110 Å². The maximum Gasteiger partial charge on any atom is 0.274 e. The summed E-state index contributed by atoms with van der Waals surface area (Å²) >= 11 is 0. The lowest BCUT2D eigenvalue weighted by molar-refractivity contribution is -0.384. The Kier molecular flexibility index (Phi) is 5.68. The van der Waals surface area contributed by atoms with Crippen LogP contribution in [0.4, 0.5) is 11.4 Å². The van der Waals surface area contributed by atoms with E-state index in [0.717, 1.165) is 5.56 Å². The number of likely N-dealkylation sites (N-methyl/N-ethyl adjacent to an activating group) is 1. The van der Waals surface area contributed by atoms with Crippen molar-refractivity contribution in [3.63, 3.8) is 0 Å². The Balaban J connectivity index is 1.66. The molecular formula is C20H19N5O4.